The second-order valence-corrected chi connectivity index (χ2v) is 3.06. The molecule has 1 heterocycles. The molecule has 0 radical (unpaired) electrons. The first-order chi connectivity index (χ1) is 7.57. The van der Waals surface area contributed by atoms with Crippen molar-refractivity contribution in [1.82, 2.24) is 15.0 Å². The maximum absolute atomic E-state index is 12.7. The summed E-state index contributed by atoms with van der Waals surface area (Å²) in [6.45, 7) is 0.613. The van der Waals surface area contributed by atoms with Crippen molar-refractivity contribution in [3.05, 3.63) is 11.4 Å². The zero-order valence-electron chi connectivity index (χ0n) is 8.69. The fraction of sp³-hybridized carbons (Fsp3) is 0.625. The molecule has 90 valence electrons. The van der Waals surface area contributed by atoms with Crippen LogP contribution in [0.5, 0.6) is 0 Å². The summed E-state index contributed by atoms with van der Waals surface area (Å²) < 4.78 is 31.1. The molecule has 0 saturated carbocycles. The number of hydrogen-bond acceptors (Lipinski definition) is 4. The van der Waals surface area contributed by atoms with Crippen LogP contribution in [0.25, 0.3) is 0 Å². The van der Waals surface area contributed by atoms with Gasteiger partial charge in [0.2, 0.25) is 0 Å². The van der Waals surface area contributed by atoms with Crippen LogP contribution in [0.1, 0.15) is 29.0 Å². The fourth-order valence-corrected chi connectivity index (χ4v) is 1.24. The number of aryl methyl sites for hydroxylation is 1. The molecule has 6 nitrogen and oxygen atoms in total. The minimum absolute atomic E-state index is 0.202. The largest absolute Gasteiger partial charge is 0.385 e. The van der Waals surface area contributed by atoms with Gasteiger partial charge < -0.3 is 10.5 Å². The van der Waals surface area contributed by atoms with E-state index in [1.165, 1.54) is 7.11 Å². The molecule has 0 unspecified atom stereocenters. The van der Waals surface area contributed by atoms with Crippen LogP contribution in [0.4, 0.5) is 8.78 Å². The summed E-state index contributed by atoms with van der Waals surface area (Å²) in [6.07, 6.45) is -2.34. The molecule has 1 amide bonds. The first-order valence-corrected chi connectivity index (χ1v) is 4.58. The maximum atomic E-state index is 12.7. The van der Waals surface area contributed by atoms with E-state index in [0.29, 0.717) is 13.0 Å². The van der Waals surface area contributed by atoms with Gasteiger partial charge in [0.05, 0.1) is 0 Å². The van der Waals surface area contributed by atoms with Gasteiger partial charge in [0.1, 0.15) is 5.69 Å². The molecule has 0 atom stereocenters. The highest BCUT2D eigenvalue weighted by Crippen LogP contribution is 2.21. The van der Waals surface area contributed by atoms with Gasteiger partial charge in [-0.1, -0.05) is 5.21 Å². The molecule has 0 spiro atoms. The lowest BCUT2D eigenvalue weighted by atomic mass is 10.3. The van der Waals surface area contributed by atoms with Crippen LogP contribution in [-0.2, 0) is 11.3 Å². The summed E-state index contributed by atoms with van der Waals surface area (Å²) in [5, 5.41) is 6.79. The topological polar surface area (TPSA) is 83.0 Å². The number of rotatable bonds is 6. The Bertz CT molecular complexity index is 367. The lowest BCUT2D eigenvalue weighted by molar-refractivity contribution is 0.0976. The average Bonchev–Trinajstić information content (AvgIpc) is 2.62. The molecule has 1 aromatic rings. The number of nitrogens with zero attached hydrogens (tertiary/aromatic N) is 3. The van der Waals surface area contributed by atoms with Crippen LogP contribution in [0.3, 0.4) is 0 Å². The van der Waals surface area contributed by atoms with E-state index < -0.39 is 23.7 Å². The van der Waals surface area contributed by atoms with Crippen LogP contribution in [0.15, 0.2) is 0 Å². The van der Waals surface area contributed by atoms with Crippen LogP contribution in [0.2, 0.25) is 0 Å². The Morgan fingerprint density at radius 2 is 2.31 bits per heavy atom. The Balaban J connectivity index is 2.87. The number of alkyl halides is 2. The molecule has 0 aliphatic heterocycles. The van der Waals surface area contributed by atoms with E-state index in [1.807, 2.05) is 0 Å². The minimum Gasteiger partial charge on any atom is -0.385 e. The van der Waals surface area contributed by atoms with Crippen molar-refractivity contribution in [2.45, 2.75) is 19.4 Å². The number of carbonyl (C=O) groups excluding carboxylic acids is 1. The Hall–Kier alpha value is -1.57. The zero-order valence-corrected chi connectivity index (χ0v) is 8.69. The highest BCUT2D eigenvalue weighted by Gasteiger charge is 2.24. The van der Waals surface area contributed by atoms with E-state index in [9.17, 15) is 13.6 Å². The quantitative estimate of drug-likeness (QED) is 0.720. The van der Waals surface area contributed by atoms with Crippen molar-refractivity contribution in [3.8, 4) is 0 Å². The lowest BCUT2D eigenvalue weighted by Gasteiger charge is -2.05. The summed E-state index contributed by atoms with van der Waals surface area (Å²) in [7, 11) is 1.50. The van der Waals surface area contributed by atoms with Gasteiger partial charge in [-0.3, -0.25) is 4.79 Å². The van der Waals surface area contributed by atoms with Crippen molar-refractivity contribution in [1.29, 1.82) is 0 Å². The highest BCUT2D eigenvalue weighted by atomic mass is 19.3. The summed E-state index contributed by atoms with van der Waals surface area (Å²) in [5.74, 6) is -1.01. The normalized spacial score (nSPS) is 11.0. The van der Waals surface area contributed by atoms with E-state index in [0.717, 1.165) is 4.68 Å². The predicted octanol–water partition coefficient (Wildman–Crippen LogP) is 0.351. The fourth-order valence-electron chi connectivity index (χ4n) is 1.24. The van der Waals surface area contributed by atoms with Crippen molar-refractivity contribution >= 4 is 5.91 Å². The number of amides is 1. The van der Waals surface area contributed by atoms with Gasteiger partial charge in [-0.15, -0.1) is 5.10 Å². The van der Waals surface area contributed by atoms with Gasteiger partial charge in [-0.2, -0.15) is 0 Å². The summed E-state index contributed by atoms with van der Waals surface area (Å²) in [4.78, 5) is 10.8. The van der Waals surface area contributed by atoms with Crippen molar-refractivity contribution in [3.63, 3.8) is 0 Å². The van der Waals surface area contributed by atoms with Gasteiger partial charge >= 0.3 is 0 Å². The molecular weight excluding hydrogens is 222 g/mol. The third-order valence-corrected chi connectivity index (χ3v) is 1.93. The number of halogens is 2. The van der Waals surface area contributed by atoms with E-state index in [4.69, 9.17) is 10.5 Å². The molecule has 1 aromatic heterocycles. The first kappa shape index (κ1) is 12.5. The van der Waals surface area contributed by atoms with Crippen molar-refractivity contribution in [2.75, 3.05) is 13.7 Å². The summed E-state index contributed by atoms with van der Waals surface area (Å²) in [6, 6.07) is 0. The molecule has 16 heavy (non-hydrogen) atoms. The zero-order chi connectivity index (χ0) is 12.1. The van der Waals surface area contributed by atoms with Gasteiger partial charge in [0.25, 0.3) is 12.3 Å². The number of ether oxygens (including phenoxy) is 1. The SMILES string of the molecule is COCCCn1nnc(C(N)=O)c1C(F)F. The minimum atomic E-state index is -2.83. The number of hydrogen-bond donors (Lipinski definition) is 1. The van der Waals surface area contributed by atoms with E-state index in [1.54, 1.807) is 0 Å². The molecule has 0 bridgehead atoms. The second kappa shape index (κ2) is 5.50. The predicted molar refractivity (Wildman–Crippen MR) is 50.0 cm³/mol. The summed E-state index contributed by atoms with van der Waals surface area (Å²) in [5.41, 5.74) is 3.89. The molecule has 2 N–H and O–H groups in total. The van der Waals surface area contributed by atoms with Gasteiger partial charge in [0.15, 0.2) is 5.69 Å². The number of carbonyl (C=O) groups is 1. The van der Waals surface area contributed by atoms with E-state index in [-0.39, 0.29) is 6.54 Å². The molecule has 8 heteroatoms. The first-order valence-electron chi connectivity index (χ1n) is 4.58. The molecule has 1 rings (SSSR count). The van der Waals surface area contributed by atoms with Crippen LogP contribution < -0.4 is 5.73 Å². The molecule has 0 fully saturated rings. The highest BCUT2D eigenvalue weighted by molar-refractivity contribution is 5.91. The Labute approximate surface area is 90.4 Å². The van der Waals surface area contributed by atoms with Gasteiger partial charge in [-0.25, -0.2) is 13.5 Å². The van der Waals surface area contributed by atoms with Crippen LogP contribution >= 0.6 is 0 Å². The second-order valence-electron chi connectivity index (χ2n) is 3.06. The maximum Gasteiger partial charge on any atom is 0.282 e. The number of methoxy groups -OCH3 is 1. The van der Waals surface area contributed by atoms with E-state index >= 15 is 0 Å². The third kappa shape index (κ3) is 2.72. The number of primary amides is 1. The molecule has 0 aliphatic rings. The third-order valence-electron chi connectivity index (χ3n) is 1.93. The molecular formula is C8H12F2N4O2. The Kier molecular flexibility index (Phi) is 4.29. The Morgan fingerprint density at radius 3 is 2.81 bits per heavy atom. The number of aromatic nitrogens is 3. The summed E-state index contributed by atoms with van der Waals surface area (Å²) >= 11 is 0. The average molecular weight is 234 g/mol. The van der Waals surface area contributed by atoms with Crippen LogP contribution in [-0.4, -0.2) is 34.6 Å². The van der Waals surface area contributed by atoms with Crippen molar-refractivity contribution < 1.29 is 18.3 Å². The lowest BCUT2D eigenvalue weighted by Crippen LogP contribution is -2.16. The van der Waals surface area contributed by atoms with Crippen molar-refractivity contribution in [2.24, 2.45) is 5.73 Å². The molecule has 0 aromatic carbocycles. The molecule has 0 saturated heterocycles. The van der Waals surface area contributed by atoms with Crippen LogP contribution in [0, 0.1) is 0 Å². The number of nitrogens with two attached hydrogens (primary N) is 1. The molecule has 0 aliphatic carbocycles. The standard InChI is InChI=1S/C8H12F2N4O2/c1-16-4-2-3-14-6(7(9)10)5(8(11)15)12-13-14/h7H,2-4H2,1H3,(H2,11,15). The smallest absolute Gasteiger partial charge is 0.282 e. The van der Waals surface area contributed by atoms with Gasteiger partial charge in [-0.05, 0) is 6.42 Å². The van der Waals surface area contributed by atoms with E-state index in [2.05, 4.69) is 10.3 Å². The Morgan fingerprint density at radius 1 is 1.62 bits per heavy atom. The van der Waals surface area contributed by atoms with Gasteiger partial charge in [0, 0.05) is 20.3 Å². The monoisotopic (exact) mass is 234 g/mol.